The van der Waals surface area contributed by atoms with E-state index in [1.807, 2.05) is 54.6 Å². The second-order valence-corrected chi connectivity index (χ2v) is 5.79. The zero-order chi connectivity index (χ0) is 16.4. The van der Waals surface area contributed by atoms with Gasteiger partial charge < -0.3 is 10.6 Å². The van der Waals surface area contributed by atoms with Crippen LogP contribution in [0.25, 0.3) is 10.9 Å². The van der Waals surface area contributed by atoms with Crippen LogP contribution in [-0.2, 0) is 0 Å². The fraction of sp³-hybridized carbons (Fsp3) is 0.158. The molecule has 2 N–H and O–H groups in total. The van der Waals surface area contributed by atoms with Crippen LogP contribution in [0.1, 0.15) is 6.42 Å². The molecule has 1 aromatic heterocycles. The van der Waals surface area contributed by atoms with Gasteiger partial charge in [-0.25, -0.2) is 4.79 Å². The van der Waals surface area contributed by atoms with Crippen molar-refractivity contribution in [1.82, 2.24) is 10.3 Å². The summed E-state index contributed by atoms with van der Waals surface area (Å²) < 4.78 is 0. The lowest BCUT2D eigenvalue weighted by Gasteiger charge is -2.27. The maximum absolute atomic E-state index is 12.0. The Bertz CT molecular complexity index is 888. The number of carbonyl (C=O) groups excluding carboxylic acids is 1. The quantitative estimate of drug-likeness (QED) is 0.770. The maximum atomic E-state index is 12.0. The Morgan fingerprint density at radius 1 is 1.08 bits per heavy atom. The van der Waals surface area contributed by atoms with Gasteiger partial charge in [0.05, 0.1) is 5.52 Å². The lowest BCUT2D eigenvalue weighted by molar-refractivity contribution is 0.243. The predicted octanol–water partition coefficient (Wildman–Crippen LogP) is 3.90. The number of hydrogen-bond donors (Lipinski definition) is 2. The molecule has 4 rings (SSSR count). The predicted molar refractivity (Wildman–Crippen MR) is 96.8 cm³/mol. The van der Waals surface area contributed by atoms with Gasteiger partial charge in [0.1, 0.15) is 0 Å². The second kappa shape index (κ2) is 6.20. The topological polar surface area (TPSA) is 57.3 Å². The Hall–Kier alpha value is -3.08. The Balaban J connectivity index is 1.65. The first-order valence-corrected chi connectivity index (χ1v) is 8.07. The zero-order valence-corrected chi connectivity index (χ0v) is 13.2. The van der Waals surface area contributed by atoms with Gasteiger partial charge >= 0.3 is 6.03 Å². The number of carbonyl (C=O) groups is 1. The molecule has 5 nitrogen and oxygen atoms in total. The van der Waals surface area contributed by atoms with Crippen LogP contribution in [0.3, 0.4) is 0 Å². The highest BCUT2D eigenvalue weighted by Crippen LogP contribution is 2.27. The van der Waals surface area contributed by atoms with E-state index in [0.717, 1.165) is 47.5 Å². The van der Waals surface area contributed by atoms with Gasteiger partial charge in [0.15, 0.2) is 0 Å². The highest BCUT2D eigenvalue weighted by Gasteiger charge is 2.19. The highest BCUT2D eigenvalue weighted by molar-refractivity contribution is 5.95. The number of rotatable bonds is 3. The molecule has 1 fully saturated rings. The van der Waals surface area contributed by atoms with Crippen LogP contribution >= 0.6 is 0 Å². The van der Waals surface area contributed by atoms with E-state index in [2.05, 4.69) is 15.6 Å². The van der Waals surface area contributed by atoms with Crippen LogP contribution in [0.4, 0.5) is 21.9 Å². The summed E-state index contributed by atoms with van der Waals surface area (Å²) >= 11 is 0. The number of hydrogen-bond acceptors (Lipinski definition) is 3. The summed E-state index contributed by atoms with van der Waals surface area (Å²) in [4.78, 5) is 18.2. The van der Waals surface area contributed by atoms with Crippen LogP contribution in [0.2, 0.25) is 0 Å². The minimum Gasteiger partial charge on any atom is -0.355 e. The van der Waals surface area contributed by atoms with Gasteiger partial charge in [-0.3, -0.25) is 9.88 Å². The van der Waals surface area contributed by atoms with E-state index in [4.69, 9.17) is 0 Å². The van der Waals surface area contributed by atoms with Gasteiger partial charge in [0.2, 0.25) is 0 Å². The summed E-state index contributed by atoms with van der Waals surface area (Å²) in [5.41, 5.74) is 3.80. The SMILES string of the molecule is O=C1NCCCN1c1cccc(Nc2ccnc3ccccc23)c1. The number of pyridine rings is 1. The van der Waals surface area contributed by atoms with Crippen LogP contribution in [0, 0.1) is 0 Å². The third kappa shape index (κ3) is 2.76. The number of aromatic nitrogens is 1. The number of amides is 2. The van der Waals surface area contributed by atoms with Gasteiger partial charge in [-0.1, -0.05) is 24.3 Å². The van der Waals surface area contributed by atoms with Crippen molar-refractivity contribution < 1.29 is 4.79 Å². The zero-order valence-electron chi connectivity index (χ0n) is 13.2. The lowest BCUT2D eigenvalue weighted by atomic mass is 10.1. The number of para-hydroxylation sites is 1. The third-order valence-corrected chi connectivity index (χ3v) is 4.17. The van der Waals surface area contributed by atoms with Crippen molar-refractivity contribution in [3.8, 4) is 0 Å². The van der Waals surface area contributed by atoms with Gasteiger partial charge in [0.25, 0.3) is 0 Å². The molecule has 0 bridgehead atoms. The van der Waals surface area contributed by atoms with E-state index in [1.165, 1.54) is 0 Å². The van der Waals surface area contributed by atoms with Crippen LogP contribution in [0.5, 0.6) is 0 Å². The summed E-state index contributed by atoms with van der Waals surface area (Å²) in [5.74, 6) is 0. The first kappa shape index (κ1) is 14.5. The van der Waals surface area contributed by atoms with Crippen LogP contribution in [-0.4, -0.2) is 24.1 Å². The molecule has 0 spiro atoms. The van der Waals surface area contributed by atoms with Crippen molar-refractivity contribution in [3.05, 3.63) is 60.8 Å². The normalized spacial score (nSPS) is 14.5. The Morgan fingerprint density at radius 3 is 2.92 bits per heavy atom. The molecule has 2 amide bonds. The average Bonchev–Trinajstić information content (AvgIpc) is 2.63. The number of anilines is 3. The molecular formula is C19H18N4O. The van der Waals surface area contributed by atoms with Gasteiger partial charge in [-0.2, -0.15) is 0 Å². The maximum Gasteiger partial charge on any atom is 0.321 e. The largest absolute Gasteiger partial charge is 0.355 e. The smallest absolute Gasteiger partial charge is 0.321 e. The molecule has 1 aliphatic rings. The molecule has 1 saturated heterocycles. The highest BCUT2D eigenvalue weighted by atomic mass is 16.2. The van der Waals surface area contributed by atoms with Gasteiger partial charge in [0, 0.05) is 41.7 Å². The molecule has 0 aliphatic carbocycles. The molecule has 0 atom stereocenters. The van der Waals surface area contributed by atoms with E-state index >= 15 is 0 Å². The summed E-state index contributed by atoms with van der Waals surface area (Å²) in [6, 6.07) is 17.9. The number of nitrogens with one attached hydrogen (secondary N) is 2. The molecule has 3 aromatic rings. The van der Waals surface area contributed by atoms with E-state index in [9.17, 15) is 4.79 Å². The van der Waals surface area contributed by atoms with Crippen molar-refractivity contribution in [2.75, 3.05) is 23.3 Å². The summed E-state index contributed by atoms with van der Waals surface area (Å²) in [6.07, 6.45) is 2.75. The Kier molecular flexibility index (Phi) is 3.75. The van der Waals surface area contributed by atoms with E-state index < -0.39 is 0 Å². The Labute approximate surface area is 140 Å². The van der Waals surface area contributed by atoms with Crippen molar-refractivity contribution >= 4 is 34.0 Å². The number of benzene rings is 2. The van der Waals surface area contributed by atoms with E-state index in [-0.39, 0.29) is 6.03 Å². The minimum absolute atomic E-state index is 0.0345. The molecule has 0 saturated carbocycles. The lowest BCUT2D eigenvalue weighted by Crippen LogP contribution is -2.46. The van der Waals surface area contributed by atoms with Crippen LogP contribution < -0.4 is 15.5 Å². The van der Waals surface area contributed by atoms with Gasteiger partial charge in [-0.05, 0) is 36.8 Å². The first-order valence-electron chi connectivity index (χ1n) is 8.07. The van der Waals surface area contributed by atoms with Crippen molar-refractivity contribution in [1.29, 1.82) is 0 Å². The van der Waals surface area contributed by atoms with E-state index in [1.54, 1.807) is 11.1 Å². The molecule has 2 heterocycles. The monoisotopic (exact) mass is 318 g/mol. The van der Waals surface area contributed by atoms with Gasteiger partial charge in [-0.15, -0.1) is 0 Å². The molecule has 1 aliphatic heterocycles. The first-order chi connectivity index (χ1) is 11.8. The molecule has 24 heavy (non-hydrogen) atoms. The summed E-state index contributed by atoms with van der Waals surface area (Å²) in [6.45, 7) is 1.49. The van der Waals surface area contributed by atoms with Crippen molar-refractivity contribution in [2.45, 2.75) is 6.42 Å². The Morgan fingerprint density at radius 2 is 2.00 bits per heavy atom. The summed E-state index contributed by atoms with van der Waals surface area (Å²) in [7, 11) is 0. The fourth-order valence-corrected chi connectivity index (χ4v) is 2.99. The van der Waals surface area contributed by atoms with Crippen LogP contribution in [0.15, 0.2) is 60.8 Å². The van der Waals surface area contributed by atoms with Crippen molar-refractivity contribution in [2.24, 2.45) is 0 Å². The molecule has 120 valence electrons. The summed E-state index contributed by atoms with van der Waals surface area (Å²) in [5, 5.41) is 7.40. The average molecular weight is 318 g/mol. The molecule has 5 heteroatoms. The molecule has 2 aromatic carbocycles. The van der Waals surface area contributed by atoms with E-state index in [0.29, 0.717) is 0 Å². The minimum atomic E-state index is -0.0345. The molecule has 0 unspecified atom stereocenters. The third-order valence-electron chi connectivity index (χ3n) is 4.17. The second-order valence-electron chi connectivity index (χ2n) is 5.79. The number of fused-ring (bicyclic) bond motifs is 1. The van der Waals surface area contributed by atoms with Crippen molar-refractivity contribution in [3.63, 3.8) is 0 Å². The number of urea groups is 1. The fourth-order valence-electron chi connectivity index (χ4n) is 2.99. The molecular weight excluding hydrogens is 300 g/mol. The standard InChI is InChI=1S/C19H18N4O/c24-19-21-10-4-12-23(19)15-6-3-5-14(13-15)22-18-9-11-20-17-8-2-1-7-16(17)18/h1-3,5-9,11,13H,4,10,12H2,(H,20,22)(H,21,24). The molecule has 0 radical (unpaired) electrons. The number of nitrogens with zero attached hydrogens (tertiary/aromatic N) is 2.